The fourth-order valence-electron chi connectivity index (χ4n) is 3.33. The second-order valence-corrected chi connectivity index (χ2v) is 5.22. The molecule has 0 saturated heterocycles. The van der Waals surface area contributed by atoms with Crippen molar-refractivity contribution >= 4 is 0 Å². The van der Waals surface area contributed by atoms with E-state index >= 15 is 0 Å². The van der Waals surface area contributed by atoms with Crippen LogP contribution in [-0.2, 0) is 0 Å². The van der Waals surface area contributed by atoms with Crippen LogP contribution in [0, 0.1) is 23.2 Å². The van der Waals surface area contributed by atoms with Crippen molar-refractivity contribution in [1.29, 1.82) is 0 Å². The van der Waals surface area contributed by atoms with Crippen molar-refractivity contribution in [1.82, 2.24) is 0 Å². The van der Waals surface area contributed by atoms with E-state index in [-0.39, 0.29) is 0 Å². The molecule has 0 N–H and O–H groups in total. The van der Waals surface area contributed by atoms with E-state index < -0.39 is 0 Å². The Balaban J connectivity index is 2.62. The van der Waals surface area contributed by atoms with Gasteiger partial charge in [0.05, 0.1) is 0 Å². The van der Waals surface area contributed by atoms with Gasteiger partial charge in [-0.25, -0.2) is 0 Å². The molecule has 0 aromatic rings. The lowest BCUT2D eigenvalue weighted by Crippen LogP contribution is -2.46. The van der Waals surface area contributed by atoms with Gasteiger partial charge in [-0.05, 0) is 42.4 Å². The summed E-state index contributed by atoms with van der Waals surface area (Å²) >= 11 is 0. The molecule has 0 radical (unpaired) electrons. The highest BCUT2D eigenvalue weighted by molar-refractivity contribution is 4.97. The van der Waals surface area contributed by atoms with Gasteiger partial charge in [-0.2, -0.15) is 0 Å². The third kappa shape index (κ3) is 1.41. The lowest BCUT2D eigenvalue weighted by atomic mass is 9.50. The Morgan fingerprint density at radius 1 is 1.25 bits per heavy atom. The van der Waals surface area contributed by atoms with Crippen LogP contribution in [-0.4, -0.2) is 0 Å². The predicted molar refractivity (Wildman–Crippen MR) is 55.1 cm³/mol. The van der Waals surface area contributed by atoms with Crippen LogP contribution in [0.25, 0.3) is 0 Å². The lowest BCUT2D eigenvalue weighted by Gasteiger charge is -2.55. The maximum atomic E-state index is 2.44. The standard InChI is InChI=1S/C12H24/c1-6-12(8-9(2)3)10(4)7-11(12)5/h9-11H,6-8H2,1-5H3. The van der Waals surface area contributed by atoms with E-state index in [0.29, 0.717) is 5.41 Å². The molecule has 0 aromatic heterocycles. The summed E-state index contributed by atoms with van der Waals surface area (Å²) in [5, 5.41) is 0. The first-order chi connectivity index (χ1) is 5.53. The molecule has 1 aliphatic rings. The minimum absolute atomic E-state index is 0.703. The van der Waals surface area contributed by atoms with E-state index in [2.05, 4.69) is 34.6 Å². The van der Waals surface area contributed by atoms with Gasteiger partial charge in [-0.1, -0.05) is 34.6 Å². The van der Waals surface area contributed by atoms with Crippen LogP contribution in [0.2, 0.25) is 0 Å². The Morgan fingerprint density at radius 3 is 1.92 bits per heavy atom. The van der Waals surface area contributed by atoms with Crippen LogP contribution >= 0.6 is 0 Å². The van der Waals surface area contributed by atoms with E-state index in [1.807, 2.05) is 0 Å². The molecule has 0 heteroatoms. The van der Waals surface area contributed by atoms with Crippen LogP contribution in [0.3, 0.4) is 0 Å². The molecule has 12 heavy (non-hydrogen) atoms. The average molecular weight is 168 g/mol. The van der Waals surface area contributed by atoms with Gasteiger partial charge in [0.25, 0.3) is 0 Å². The smallest absolute Gasteiger partial charge is 0.0246 e. The first kappa shape index (κ1) is 10.1. The van der Waals surface area contributed by atoms with Crippen LogP contribution in [0.5, 0.6) is 0 Å². The molecule has 0 aromatic carbocycles. The highest BCUT2D eigenvalue weighted by atomic mass is 14.5. The van der Waals surface area contributed by atoms with Crippen LogP contribution < -0.4 is 0 Å². The topological polar surface area (TPSA) is 0 Å². The molecule has 1 aliphatic carbocycles. The normalized spacial score (nSPS) is 41.5. The maximum absolute atomic E-state index is 2.44. The van der Waals surface area contributed by atoms with Crippen LogP contribution in [0.15, 0.2) is 0 Å². The summed E-state index contributed by atoms with van der Waals surface area (Å²) in [7, 11) is 0. The Hall–Kier alpha value is 0. The second-order valence-electron chi connectivity index (χ2n) is 5.22. The number of hydrogen-bond donors (Lipinski definition) is 0. The predicted octanol–water partition coefficient (Wildman–Crippen LogP) is 4.10. The Bertz CT molecular complexity index is 138. The minimum atomic E-state index is 0.703. The monoisotopic (exact) mass is 168 g/mol. The van der Waals surface area contributed by atoms with E-state index in [4.69, 9.17) is 0 Å². The van der Waals surface area contributed by atoms with Crippen molar-refractivity contribution in [3.8, 4) is 0 Å². The average Bonchev–Trinajstić information content (AvgIpc) is 2.00. The first-order valence-corrected chi connectivity index (χ1v) is 5.53. The summed E-state index contributed by atoms with van der Waals surface area (Å²) < 4.78 is 0. The maximum Gasteiger partial charge on any atom is -0.0246 e. The van der Waals surface area contributed by atoms with Gasteiger partial charge in [0, 0.05) is 0 Å². The van der Waals surface area contributed by atoms with E-state index in [0.717, 1.165) is 17.8 Å². The SMILES string of the molecule is CCC1(CC(C)C)C(C)CC1C. The molecule has 1 rings (SSSR count). The summed E-state index contributed by atoms with van der Waals surface area (Å²) in [5.41, 5.74) is 0.703. The summed E-state index contributed by atoms with van der Waals surface area (Å²) in [6, 6.07) is 0. The zero-order valence-electron chi connectivity index (χ0n) is 9.35. The molecule has 0 nitrogen and oxygen atoms in total. The van der Waals surface area contributed by atoms with Gasteiger partial charge in [-0.15, -0.1) is 0 Å². The third-order valence-electron chi connectivity index (χ3n) is 4.12. The molecular formula is C12H24. The van der Waals surface area contributed by atoms with E-state index in [1.54, 1.807) is 0 Å². The molecule has 1 fully saturated rings. The lowest BCUT2D eigenvalue weighted by molar-refractivity contribution is -0.0539. The van der Waals surface area contributed by atoms with Gasteiger partial charge in [0.15, 0.2) is 0 Å². The molecule has 0 aliphatic heterocycles. The Labute approximate surface area is 77.7 Å². The molecule has 2 atom stereocenters. The molecule has 0 spiro atoms. The molecule has 2 unspecified atom stereocenters. The van der Waals surface area contributed by atoms with Crippen molar-refractivity contribution in [3.05, 3.63) is 0 Å². The summed E-state index contributed by atoms with van der Waals surface area (Å²) in [6.45, 7) is 12.0. The van der Waals surface area contributed by atoms with E-state index in [9.17, 15) is 0 Å². The van der Waals surface area contributed by atoms with Gasteiger partial charge >= 0.3 is 0 Å². The zero-order chi connectivity index (χ0) is 9.35. The second kappa shape index (κ2) is 3.40. The summed E-state index contributed by atoms with van der Waals surface area (Å²) in [6.07, 6.45) is 4.28. The summed E-state index contributed by atoms with van der Waals surface area (Å²) in [4.78, 5) is 0. The van der Waals surface area contributed by atoms with Crippen LogP contribution in [0.4, 0.5) is 0 Å². The molecule has 1 saturated carbocycles. The zero-order valence-corrected chi connectivity index (χ0v) is 9.35. The molecule has 0 amide bonds. The van der Waals surface area contributed by atoms with Crippen molar-refractivity contribution in [3.63, 3.8) is 0 Å². The highest BCUT2D eigenvalue weighted by Crippen LogP contribution is 2.57. The van der Waals surface area contributed by atoms with Crippen LogP contribution in [0.1, 0.15) is 53.9 Å². The van der Waals surface area contributed by atoms with Gasteiger partial charge in [0.2, 0.25) is 0 Å². The van der Waals surface area contributed by atoms with Crippen molar-refractivity contribution in [2.75, 3.05) is 0 Å². The largest absolute Gasteiger partial charge is 0.0648 e. The van der Waals surface area contributed by atoms with Gasteiger partial charge in [-0.3, -0.25) is 0 Å². The fraction of sp³-hybridized carbons (Fsp3) is 1.00. The number of rotatable bonds is 3. The van der Waals surface area contributed by atoms with Gasteiger partial charge in [0.1, 0.15) is 0 Å². The number of hydrogen-bond acceptors (Lipinski definition) is 0. The Morgan fingerprint density at radius 2 is 1.75 bits per heavy atom. The molecule has 0 heterocycles. The van der Waals surface area contributed by atoms with Gasteiger partial charge < -0.3 is 0 Å². The first-order valence-electron chi connectivity index (χ1n) is 5.53. The van der Waals surface area contributed by atoms with E-state index in [1.165, 1.54) is 19.3 Å². The van der Waals surface area contributed by atoms with Crippen molar-refractivity contribution in [2.45, 2.75) is 53.9 Å². The van der Waals surface area contributed by atoms with Crippen molar-refractivity contribution in [2.24, 2.45) is 23.2 Å². The third-order valence-corrected chi connectivity index (χ3v) is 4.12. The molecular weight excluding hydrogens is 144 g/mol. The Kier molecular flexibility index (Phi) is 2.85. The molecule has 0 bridgehead atoms. The highest BCUT2D eigenvalue weighted by Gasteiger charge is 2.48. The summed E-state index contributed by atoms with van der Waals surface area (Å²) in [5.74, 6) is 2.81. The van der Waals surface area contributed by atoms with Crippen molar-refractivity contribution < 1.29 is 0 Å². The fourth-order valence-corrected chi connectivity index (χ4v) is 3.33. The molecule has 72 valence electrons. The minimum Gasteiger partial charge on any atom is -0.0648 e. The quantitative estimate of drug-likeness (QED) is 0.595.